The maximum absolute atomic E-state index is 12.7. The van der Waals surface area contributed by atoms with Gasteiger partial charge in [-0.25, -0.2) is 0 Å². The fourth-order valence-electron chi connectivity index (χ4n) is 2.22. The Labute approximate surface area is 112 Å². The third kappa shape index (κ3) is 3.94. The maximum Gasteiger partial charge on any atom is 0.416 e. The molecule has 1 rings (SSSR count). The van der Waals surface area contributed by atoms with E-state index >= 15 is 0 Å². The second-order valence-corrected chi connectivity index (χ2v) is 4.83. The molecule has 0 amide bonds. The van der Waals surface area contributed by atoms with Gasteiger partial charge in [-0.1, -0.05) is 26.0 Å². The Balaban J connectivity index is 3.12. The van der Waals surface area contributed by atoms with E-state index in [0.717, 1.165) is 6.07 Å². The molecule has 0 aliphatic carbocycles. The van der Waals surface area contributed by atoms with Gasteiger partial charge >= 0.3 is 6.18 Å². The van der Waals surface area contributed by atoms with E-state index in [1.807, 2.05) is 13.8 Å². The van der Waals surface area contributed by atoms with E-state index in [9.17, 15) is 13.2 Å². The zero-order chi connectivity index (χ0) is 14.6. The lowest BCUT2D eigenvalue weighted by atomic mass is 9.92. The van der Waals surface area contributed by atoms with Crippen LogP contribution < -0.4 is 5.32 Å². The zero-order valence-corrected chi connectivity index (χ0v) is 11.6. The molecule has 0 fully saturated rings. The van der Waals surface area contributed by atoms with Gasteiger partial charge in [-0.15, -0.1) is 0 Å². The van der Waals surface area contributed by atoms with Crippen LogP contribution in [0.5, 0.6) is 0 Å². The average molecular weight is 275 g/mol. The Bertz CT molecular complexity index is 404. The summed E-state index contributed by atoms with van der Waals surface area (Å²) in [6.07, 6.45) is -4.51. The molecule has 19 heavy (non-hydrogen) atoms. The van der Waals surface area contributed by atoms with Gasteiger partial charge in [0.2, 0.25) is 0 Å². The third-order valence-corrected chi connectivity index (χ3v) is 3.14. The Morgan fingerprint density at radius 3 is 2.26 bits per heavy atom. The lowest BCUT2D eigenvalue weighted by molar-refractivity contribution is -0.137. The molecule has 108 valence electrons. The molecule has 0 bridgehead atoms. The minimum atomic E-state index is -4.32. The fourth-order valence-corrected chi connectivity index (χ4v) is 2.22. The number of benzene rings is 1. The number of halogens is 3. The first kappa shape index (κ1) is 16.0. The van der Waals surface area contributed by atoms with Crippen molar-refractivity contribution in [3.63, 3.8) is 0 Å². The summed E-state index contributed by atoms with van der Waals surface area (Å²) in [5.74, 6) is 0.192. The van der Waals surface area contributed by atoms with E-state index in [2.05, 4.69) is 5.32 Å². The quantitative estimate of drug-likeness (QED) is 0.886. The van der Waals surface area contributed by atoms with Crippen molar-refractivity contribution in [3.8, 4) is 0 Å². The number of likely N-dealkylation sites (N-methyl/N-ethyl adjacent to an activating group) is 1. The minimum Gasteiger partial charge on any atom is -0.379 e. The van der Waals surface area contributed by atoms with Crippen LogP contribution in [-0.4, -0.2) is 20.3 Å². The molecule has 0 radical (unpaired) electrons. The predicted molar refractivity (Wildman–Crippen MR) is 68.9 cm³/mol. The Hall–Kier alpha value is -1.07. The molecule has 0 spiro atoms. The number of rotatable bonds is 5. The van der Waals surface area contributed by atoms with Crippen molar-refractivity contribution in [2.24, 2.45) is 5.92 Å². The number of nitrogens with one attached hydrogen (secondary N) is 1. The molecule has 1 N–H and O–H groups in total. The van der Waals surface area contributed by atoms with Crippen LogP contribution in [-0.2, 0) is 10.9 Å². The number of alkyl halides is 3. The standard InChI is InChI=1S/C14H20F3NO/c1-9(2)13(19-4)12(18-3)10-6-5-7-11(8-10)14(15,16)17/h5-9,12-13,18H,1-4H3. The van der Waals surface area contributed by atoms with Crippen LogP contribution in [0, 0.1) is 5.92 Å². The summed E-state index contributed by atoms with van der Waals surface area (Å²) in [4.78, 5) is 0. The van der Waals surface area contributed by atoms with Gasteiger partial charge in [-0.2, -0.15) is 13.2 Å². The summed E-state index contributed by atoms with van der Waals surface area (Å²) < 4.78 is 43.6. The molecule has 1 aromatic rings. The van der Waals surface area contributed by atoms with Crippen molar-refractivity contribution in [3.05, 3.63) is 35.4 Å². The predicted octanol–water partition coefficient (Wildman–Crippen LogP) is 3.64. The highest BCUT2D eigenvalue weighted by Gasteiger charge is 2.32. The first-order valence-corrected chi connectivity index (χ1v) is 6.18. The molecule has 0 heterocycles. The van der Waals surface area contributed by atoms with Gasteiger partial charge in [0.15, 0.2) is 0 Å². The molecular weight excluding hydrogens is 255 g/mol. The largest absolute Gasteiger partial charge is 0.416 e. The van der Waals surface area contributed by atoms with Crippen molar-refractivity contribution in [2.75, 3.05) is 14.2 Å². The van der Waals surface area contributed by atoms with E-state index in [0.29, 0.717) is 5.56 Å². The van der Waals surface area contributed by atoms with Crippen LogP contribution in [0.1, 0.15) is 31.0 Å². The van der Waals surface area contributed by atoms with Gasteiger partial charge in [0.25, 0.3) is 0 Å². The van der Waals surface area contributed by atoms with Gasteiger partial charge < -0.3 is 10.1 Å². The number of hydrogen-bond acceptors (Lipinski definition) is 2. The topological polar surface area (TPSA) is 21.3 Å². The summed E-state index contributed by atoms with van der Waals surface area (Å²) in [5.41, 5.74) is -0.0539. The van der Waals surface area contributed by atoms with Crippen molar-refractivity contribution < 1.29 is 17.9 Å². The van der Waals surface area contributed by atoms with Gasteiger partial charge in [0, 0.05) is 7.11 Å². The van der Waals surface area contributed by atoms with Gasteiger partial charge in [0.05, 0.1) is 17.7 Å². The smallest absolute Gasteiger partial charge is 0.379 e. The molecule has 0 saturated carbocycles. The molecule has 0 saturated heterocycles. The average Bonchev–Trinajstić information content (AvgIpc) is 2.34. The van der Waals surface area contributed by atoms with Crippen molar-refractivity contribution >= 4 is 0 Å². The Morgan fingerprint density at radius 2 is 1.84 bits per heavy atom. The van der Waals surface area contributed by atoms with Gasteiger partial charge in [0.1, 0.15) is 0 Å². The highest BCUT2D eigenvalue weighted by atomic mass is 19.4. The summed E-state index contributed by atoms with van der Waals surface area (Å²) in [6, 6.07) is 5.09. The number of methoxy groups -OCH3 is 1. The first-order chi connectivity index (χ1) is 8.81. The molecule has 2 unspecified atom stereocenters. The fraction of sp³-hybridized carbons (Fsp3) is 0.571. The molecule has 0 aliphatic heterocycles. The van der Waals surface area contributed by atoms with E-state index in [1.165, 1.54) is 12.1 Å². The molecule has 0 aliphatic rings. The van der Waals surface area contributed by atoms with E-state index in [4.69, 9.17) is 4.74 Å². The molecule has 5 heteroatoms. The second kappa shape index (κ2) is 6.39. The van der Waals surface area contributed by atoms with Crippen molar-refractivity contribution in [1.29, 1.82) is 0 Å². The summed E-state index contributed by atoms with van der Waals surface area (Å²) in [5, 5.41) is 3.04. The van der Waals surface area contributed by atoms with E-state index < -0.39 is 11.7 Å². The van der Waals surface area contributed by atoms with Gasteiger partial charge in [-0.3, -0.25) is 0 Å². The summed E-state index contributed by atoms with van der Waals surface area (Å²) >= 11 is 0. The molecule has 0 aromatic heterocycles. The normalized spacial score (nSPS) is 15.6. The first-order valence-electron chi connectivity index (χ1n) is 6.18. The maximum atomic E-state index is 12.7. The van der Waals surface area contributed by atoms with Crippen LogP contribution in [0.2, 0.25) is 0 Å². The summed E-state index contributed by atoms with van der Waals surface area (Å²) in [7, 11) is 3.29. The van der Waals surface area contributed by atoms with E-state index in [1.54, 1.807) is 20.2 Å². The number of ether oxygens (including phenoxy) is 1. The van der Waals surface area contributed by atoms with Crippen LogP contribution >= 0.6 is 0 Å². The summed E-state index contributed by atoms with van der Waals surface area (Å²) in [6.45, 7) is 3.96. The van der Waals surface area contributed by atoms with Crippen LogP contribution in [0.25, 0.3) is 0 Å². The molecule has 2 nitrogen and oxygen atoms in total. The lowest BCUT2D eigenvalue weighted by Gasteiger charge is -2.29. The second-order valence-electron chi connectivity index (χ2n) is 4.83. The Kier molecular flexibility index (Phi) is 5.38. The van der Waals surface area contributed by atoms with Crippen LogP contribution in [0.15, 0.2) is 24.3 Å². The lowest BCUT2D eigenvalue weighted by Crippen LogP contribution is -2.34. The zero-order valence-electron chi connectivity index (χ0n) is 11.6. The monoisotopic (exact) mass is 275 g/mol. The number of hydrogen-bond donors (Lipinski definition) is 1. The molecular formula is C14H20F3NO. The molecule has 2 atom stereocenters. The minimum absolute atomic E-state index is 0.187. The van der Waals surface area contributed by atoms with Crippen molar-refractivity contribution in [1.82, 2.24) is 5.32 Å². The Morgan fingerprint density at radius 1 is 1.21 bits per heavy atom. The van der Waals surface area contributed by atoms with Crippen LogP contribution in [0.4, 0.5) is 13.2 Å². The molecule has 1 aromatic carbocycles. The van der Waals surface area contributed by atoms with Gasteiger partial charge in [-0.05, 0) is 30.7 Å². The van der Waals surface area contributed by atoms with E-state index in [-0.39, 0.29) is 18.1 Å². The van der Waals surface area contributed by atoms with Crippen molar-refractivity contribution in [2.45, 2.75) is 32.2 Å². The third-order valence-electron chi connectivity index (χ3n) is 3.14. The highest BCUT2D eigenvalue weighted by Crippen LogP contribution is 2.32. The SMILES string of the molecule is CNC(c1cccc(C(F)(F)F)c1)C(OC)C(C)C. The highest BCUT2D eigenvalue weighted by molar-refractivity contribution is 5.28. The van der Waals surface area contributed by atoms with Crippen LogP contribution in [0.3, 0.4) is 0 Å².